The Bertz CT molecular complexity index is 3440. The van der Waals surface area contributed by atoms with E-state index >= 15 is 0 Å². The summed E-state index contributed by atoms with van der Waals surface area (Å²) >= 11 is 0. The molecule has 0 N–H and O–H groups in total. The van der Waals surface area contributed by atoms with Crippen LogP contribution < -0.4 is 0 Å². The molecule has 0 aromatic heterocycles. The molecule has 0 atom stereocenters. The van der Waals surface area contributed by atoms with Gasteiger partial charge in [0.1, 0.15) is 0 Å². The van der Waals surface area contributed by atoms with Crippen molar-refractivity contribution < 1.29 is 0 Å². The lowest BCUT2D eigenvalue weighted by Gasteiger charge is -2.14. The molecule has 0 amide bonds. The van der Waals surface area contributed by atoms with Crippen LogP contribution in [0.2, 0.25) is 0 Å². The van der Waals surface area contributed by atoms with Crippen LogP contribution in [-0.2, 0) is 0 Å². The fourth-order valence-corrected chi connectivity index (χ4v) is 10.1. The van der Waals surface area contributed by atoms with Gasteiger partial charge in [-0.1, -0.05) is 146 Å². The predicted octanol–water partition coefficient (Wildman–Crippen LogP) is 15.4. The molecule has 0 aliphatic heterocycles. The van der Waals surface area contributed by atoms with E-state index in [-0.39, 0.29) is 0 Å². The first kappa shape index (κ1) is 28.6. The third-order valence-corrected chi connectivity index (χ3v) is 12.4. The van der Waals surface area contributed by atoms with Gasteiger partial charge in [-0.2, -0.15) is 0 Å². The van der Waals surface area contributed by atoms with E-state index in [0.29, 0.717) is 0 Å². The van der Waals surface area contributed by atoms with E-state index in [1.54, 1.807) is 0 Å². The predicted molar refractivity (Wildman–Crippen MR) is 235 cm³/mol. The van der Waals surface area contributed by atoms with Gasteiger partial charge in [0.15, 0.2) is 0 Å². The van der Waals surface area contributed by atoms with E-state index in [0.717, 1.165) is 0 Å². The molecule has 0 saturated heterocycles. The summed E-state index contributed by atoms with van der Waals surface area (Å²) in [6.45, 7) is 0. The minimum absolute atomic E-state index is 1.23. The quantitative estimate of drug-likeness (QED) is 0.160. The molecule has 0 radical (unpaired) electrons. The Morgan fingerprint density at radius 3 is 0.963 bits per heavy atom. The first-order chi connectivity index (χ1) is 26.8. The second kappa shape index (κ2) is 10.3. The second-order valence-electron chi connectivity index (χ2n) is 15.2. The maximum atomic E-state index is 2.54. The van der Waals surface area contributed by atoms with E-state index < -0.39 is 0 Å². The molecule has 0 saturated carbocycles. The van der Waals surface area contributed by atoms with Gasteiger partial charge in [-0.05, 0) is 166 Å². The fraction of sp³-hybridized carbons (Fsp3) is 0. The average molecular weight is 679 g/mol. The van der Waals surface area contributed by atoms with Crippen LogP contribution in [0.5, 0.6) is 0 Å². The van der Waals surface area contributed by atoms with Crippen LogP contribution in [0.3, 0.4) is 0 Å². The smallest absolute Gasteiger partial charge is 0.00145 e. The van der Waals surface area contributed by atoms with Crippen molar-refractivity contribution in [3.8, 4) is 22.3 Å². The topological polar surface area (TPSA) is 0 Å². The second-order valence-corrected chi connectivity index (χ2v) is 15.2. The van der Waals surface area contributed by atoms with Gasteiger partial charge in [0, 0.05) is 0 Å². The molecule has 0 fully saturated rings. The van der Waals surface area contributed by atoms with Crippen LogP contribution in [0.25, 0.3) is 130 Å². The van der Waals surface area contributed by atoms with Gasteiger partial charge in [0.05, 0.1) is 0 Å². The monoisotopic (exact) mass is 678 g/mol. The summed E-state index contributed by atoms with van der Waals surface area (Å²) in [4.78, 5) is 0. The van der Waals surface area contributed by atoms with Crippen LogP contribution in [0, 0.1) is 0 Å². The van der Waals surface area contributed by atoms with Crippen molar-refractivity contribution >= 4 is 108 Å². The highest BCUT2D eigenvalue weighted by Gasteiger charge is 2.20. The first-order valence-corrected chi connectivity index (χ1v) is 18.9. The number of hydrogen-bond acceptors (Lipinski definition) is 0. The Morgan fingerprint density at radius 2 is 0.537 bits per heavy atom. The lowest BCUT2D eigenvalue weighted by Crippen LogP contribution is -1.86. The van der Waals surface area contributed by atoms with Crippen molar-refractivity contribution in [2.45, 2.75) is 0 Å². The molecule has 246 valence electrons. The zero-order valence-corrected chi connectivity index (χ0v) is 29.3. The summed E-state index contributed by atoms with van der Waals surface area (Å²) in [6.07, 6.45) is 0. The first-order valence-electron chi connectivity index (χ1n) is 18.9. The zero-order chi connectivity index (χ0) is 35.1. The van der Waals surface area contributed by atoms with Crippen LogP contribution in [-0.4, -0.2) is 0 Å². The number of hydrogen-bond donors (Lipinski definition) is 0. The van der Waals surface area contributed by atoms with Gasteiger partial charge in [0.25, 0.3) is 0 Å². The summed E-state index contributed by atoms with van der Waals surface area (Å²) in [7, 11) is 0. The Labute approximate surface area is 310 Å². The zero-order valence-electron chi connectivity index (χ0n) is 29.3. The lowest BCUT2D eigenvalue weighted by atomic mass is 9.89. The highest BCUT2D eigenvalue weighted by Crippen LogP contribution is 2.48. The lowest BCUT2D eigenvalue weighted by molar-refractivity contribution is 1.68. The van der Waals surface area contributed by atoms with Gasteiger partial charge in [0.2, 0.25) is 0 Å². The van der Waals surface area contributed by atoms with Crippen LogP contribution >= 0.6 is 0 Å². The van der Waals surface area contributed by atoms with Gasteiger partial charge in [-0.3, -0.25) is 0 Å². The van der Waals surface area contributed by atoms with E-state index in [2.05, 4.69) is 182 Å². The number of benzene rings is 11. The fourth-order valence-electron chi connectivity index (χ4n) is 10.1. The van der Waals surface area contributed by atoms with Crippen molar-refractivity contribution in [1.82, 2.24) is 0 Å². The Hall–Kier alpha value is -7.02. The third-order valence-electron chi connectivity index (χ3n) is 12.4. The van der Waals surface area contributed by atoms with E-state index in [1.807, 2.05) is 0 Å². The minimum Gasteiger partial charge on any atom is -0.0622 e. The largest absolute Gasteiger partial charge is 0.0622 e. The number of fused-ring (bicyclic) bond motifs is 4. The van der Waals surface area contributed by atoms with Crippen LogP contribution in [0.15, 0.2) is 182 Å². The normalized spacial score (nSPS) is 12.4. The van der Waals surface area contributed by atoms with Crippen molar-refractivity contribution in [2.75, 3.05) is 0 Å². The van der Waals surface area contributed by atoms with Gasteiger partial charge in [-0.25, -0.2) is 0 Å². The summed E-state index contributed by atoms with van der Waals surface area (Å²) < 4.78 is 0. The molecule has 54 heavy (non-hydrogen) atoms. The van der Waals surface area contributed by atoms with Gasteiger partial charge in [-0.15, -0.1) is 0 Å². The van der Waals surface area contributed by atoms with Crippen LogP contribution in [0.1, 0.15) is 0 Å². The molecule has 0 aliphatic carbocycles. The molecule has 0 bridgehead atoms. The standard InChI is InChI=1S/C54H30/c1-3-9-31(10-4-1)41-25-39-23-21-35-19-17-33-13-7-15-37-27-47(51(39)53(35)49(33)37)45-30-44-42(32-11-5-2-6-12-32)26-40-24-22-36-20-18-34-14-8-16-38-28-48(46(44)29-43(41)45)52(40)54(36)50(34)38/h1-30H. The molecular formula is C54H30. The SMILES string of the molecule is c1ccc(-c2cc3ccc4ccc5cccc6cc(c7cc8c(-c9ccccc9)cc9ccc%10ccc%11cccc%12cc(c8cc27)c9c%10c%11%12)c3c4c56)cc1. The summed E-state index contributed by atoms with van der Waals surface area (Å²) in [5, 5.41) is 26.1. The molecule has 13 rings (SSSR count). The Morgan fingerprint density at radius 1 is 0.185 bits per heavy atom. The molecule has 0 unspecified atom stereocenters. The molecule has 13 aromatic rings. The molecule has 0 heterocycles. The van der Waals surface area contributed by atoms with Crippen molar-refractivity contribution in [2.24, 2.45) is 0 Å². The molecule has 0 spiro atoms. The summed E-state index contributed by atoms with van der Waals surface area (Å²) in [6, 6.07) is 69.0. The maximum Gasteiger partial charge on any atom is -0.00145 e. The highest BCUT2D eigenvalue weighted by atomic mass is 14.2. The molecule has 0 nitrogen and oxygen atoms in total. The minimum atomic E-state index is 1.23. The highest BCUT2D eigenvalue weighted by molar-refractivity contribution is 6.38. The van der Waals surface area contributed by atoms with Crippen molar-refractivity contribution in [1.29, 1.82) is 0 Å². The summed E-state index contributed by atoms with van der Waals surface area (Å²) in [5.41, 5.74) is 4.96. The third kappa shape index (κ3) is 3.72. The summed E-state index contributed by atoms with van der Waals surface area (Å²) in [5.74, 6) is 0. The Kier molecular flexibility index (Phi) is 5.45. The number of rotatable bonds is 2. The van der Waals surface area contributed by atoms with E-state index in [4.69, 9.17) is 0 Å². The molecule has 0 heteroatoms. The van der Waals surface area contributed by atoms with E-state index in [9.17, 15) is 0 Å². The van der Waals surface area contributed by atoms with Crippen molar-refractivity contribution in [3.05, 3.63) is 182 Å². The molecule has 13 aromatic carbocycles. The maximum absolute atomic E-state index is 2.54. The molecule has 0 aliphatic rings. The Balaban J connectivity index is 1.36. The van der Waals surface area contributed by atoms with Crippen molar-refractivity contribution in [3.63, 3.8) is 0 Å². The van der Waals surface area contributed by atoms with E-state index in [1.165, 1.54) is 130 Å². The van der Waals surface area contributed by atoms with Crippen LogP contribution in [0.4, 0.5) is 0 Å². The van der Waals surface area contributed by atoms with Gasteiger partial charge < -0.3 is 0 Å². The average Bonchev–Trinajstić information content (AvgIpc) is 3.46. The van der Waals surface area contributed by atoms with Gasteiger partial charge >= 0.3 is 0 Å². The molecular weight excluding hydrogens is 649 g/mol.